The number of carbonyl (C=O) groups is 2. The predicted octanol–water partition coefficient (Wildman–Crippen LogP) is 0.896. The molecule has 0 aliphatic carbocycles. The van der Waals surface area contributed by atoms with Crippen LogP contribution in [0.2, 0.25) is 0 Å². The number of amides is 1. The van der Waals surface area contributed by atoms with Gasteiger partial charge in [0, 0.05) is 12.2 Å². The first-order chi connectivity index (χ1) is 7.98. The molecule has 0 aromatic rings. The Morgan fingerprint density at radius 1 is 1.76 bits per heavy atom. The Bertz CT molecular complexity index is 406. The van der Waals surface area contributed by atoms with Crippen molar-refractivity contribution < 1.29 is 14.3 Å². The van der Waals surface area contributed by atoms with Crippen LogP contribution in [-0.4, -0.2) is 39.5 Å². The van der Waals surface area contributed by atoms with E-state index in [4.69, 9.17) is 10.00 Å². The first kappa shape index (κ1) is 12.2. The van der Waals surface area contributed by atoms with E-state index in [1.54, 1.807) is 16.7 Å². The van der Waals surface area contributed by atoms with Crippen LogP contribution in [-0.2, 0) is 14.3 Å². The van der Waals surface area contributed by atoms with Gasteiger partial charge in [-0.05, 0) is 20.3 Å². The van der Waals surface area contributed by atoms with Crippen LogP contribution in [0.25, 0.3) is 0 Å². The van der Waals surface area contributed by atoms with Crippen LogP contribution in [0.3, 0.4) is 0 Å². The van der Waals surface area contributed by atoms with Crippen molar-refractivity contribution in [2.75, 3.05) is 5.75 Å². The van der Waals surface area contributed by atoms with E-state index >= 15 is 0 Å². The van der Waals surface area contributed by atoms with Gasteiger partial charge in [0.25, 0.3) is 0 Å². The smallest absolute Gasteiger partial charge is 0.331 e. The number of esters is 1. The lowest BCUT2D eigenvalue weighted by atomic mass is 10.2. The van der Waals surface area contributed by atoms with Crippen LogP contribution in [0.1, 0.15) is 26.7 Å². The second-order valence-electron chi connectivity index (χ2n) is 4.47. The van der Waals surface area contributed by atoms with Crippen molar-refractivity contribution in [2.24, 2.45) is 0 Å². The van der Waals surface area contributed by atoms with Crippen LogP contribution in [0.15, 0.2) is 0 Å². The molecule has 2 aliphatic rings. The number of hydrogen-bond acceptors (Lipinski definition) is 5. The van der Waals surface area contributed by atoms with E-state index in [0.717, 1.165) is 6.42 Å². The molecule has 2 saturated heterocycles. The highest BCUT2D eigenvalue weighted by molar-refractivity contribution is 8.01. The van der Waals surface area contributed by atoms with E-state index in [9.17, 15) is 9.59 Å². The van der Waals surface area contributed by atoms with Crippen LogP contribution >= 0.6 is 11.8 Å². The molecule has 17 heavy (non-hydrogen) atoms. The maximum Gasteiger partial charge on any atom is 0.331 e. The van der Waals surface area contributed by atoms with Crippen LogP contribution < -0.4 is 0 Å². The van der Waals surface area contributed by atoms with Gasteiger partial charge in [0.15, 0.2) is 6.10 Å². The summed E-state index contributed by atoms with van der Waals surface area (Å²) in [5.74, 6) is 0.0914. The zero-order valence-corrected chi connectivity index (χ0v) is 10.6. The summed E-state index contributed by atoms with van der Waals surface area (Å²) < 4.78 is 4.98. The number of ether oxygens (including phenoxy) is 1. The van der Waals surface area contributed by atoms with Crippen molar-refractivity contribution in [2.45, 2.75) is 43.7 Å². The number of rotatable bonds is 2. The molecule has 0 spiro atoms. The molecule has 92 valence electrons. The quantitative estimate of drug-likeness (QED) is 0.685. The van der Waals surface area contributed by atoms with Crippen LogP contribution in [0.5, 0.6) is 0 Å². The van der Waals surface area contributed by atoms with E-state index in [0.29, 0.717) is 12.2 Å². The van der Waals surface area contributed by atoms with Crippen LogP contribution in [0, 0.1) is 11.3 Å². The molecule has 2 fully saturated rings. The molecular formula is C11H14N2O3S. The van der Waals surface area contributed by atoms with E-state index in [2.05, 4.69) is 0 Å². The Balaban J connectivity index is 2.11. The molecule has 0 aromatic carbocycles. The van der Waals surface area contributed by atoms with Crippen molar-refractivity contribution in [1.29, 1.82) is 5.26 Å². The molecule has 1 amide bonds. The van der Waals surface area contributed by atoms with Crippen molar-refractivity contribution >= 4 is 23.6 Å². The fourth-order valence-electron chi connectivity index (χ4n) is 2.27. The van der Waals surface area contributed by atoms with E-state index in [1.807, 2.05) is 13.0 Å². The monoisotopic (exact) mass is 254 g/mol. The summed E-state index contributed by atoms with van der Waals surface area (Å²) in [7, 11) is 0. The summed E-state index contributed by atoms with van der Waals surface area (Å²) in [6.45, 7) is 3.49. The Hall–Kier alpha value is -1.22. The number of carbonyl (C=O) groups excluding carboxylic acids is 2. The Kier molecular flexibility index (Phi) is 3.04. The highest BCUT2D eigenvalue weighted by atomic mass is 32.2. The van der Waals surface area contributed by atoms with Gasteiger partial charge in [-0.2, -0.15) is 5.26 Å². The lowest BCUT2D eigenvalue weighted by molar-refractivity contribution is -0.155. The summed E-state index contributed by atoms with van der Waals surface area (Å²) in [5, 5.41) is 8.60. The zero-order valence-electron chi connectivity index (χ0n) is 9.80. The van der Waals surface area contributed by atoms with Gasteiger partial charge in [0.2, 0.25) is 5.91 Å². The maximum atomic E-state index is 11.9. The van der Waals surface area contributed by atoms with Gasteiger partial charge < -0.3 is 9.64 Å². The molecule has 0 unspecified atom stereocenters. The maximum absolute atomic E-state index is 11.9. The van der Waals surface area contributed by atoms with Gasteiger partial charge in [-0.25, -0.2) is 4.79 Å². The van der Waals surface area contributed by atoms with Gasteiger partial charge in [0.05, 0.1) is 4.87 Å². The van der Waals surface area contributed by atoms with Crippen LogP contribution in [0.4, 0.5) is 0 Å². The first-order valence-electron chi connectivity index (χ1n) is 5.54. The Morgan fingerprint density at radius 2 is 2.47 bits per heavy atom. The molecular weight excluding hydrogens is 240 g/mol. The lowest BCUT2D eigenvalue weighted by Crippen LogP contribution is -2.47. The van der Waals surface area contributed by atoms with E-state index in [-0.39, 0.29) is 10.8 Å². The molecule has 2 heterocycles. The first-order valence-corrected chi connectivity index (χ1v) is 6.53. The minimum Gasteiger partial charge on any atom is -0.446 e. The summed E-state index contributed by atoms with van der Waals surface area (Å²) in [6.07, 6.45) is 0.492. The average molecular weight is 254 g/mol. The van der Waals surface area contributed by atoms with Gasteiger partial charge >= 0.3 is 5.97 Å². The molecule has 2 rings (SSSR count). The summed E-state index contributed by atoms with van der Waals surface area (Å²) in [5.41, 5.74) is 0. The van der Waals surface area contributed by atoms with Crippen molar-refractivity contribution in [3.63, 3.8) is 0 Å². The van der Waals surface area contributed by atoms with Crippen molar-refractivity contribution in [1.82, 2.24) is 4.90 Å². The second kappa shape index (κ2) is 4.22. The standard InChI is InChI=1S/C11H14N2O3S/c1-7(5-12)16-10(15)8-6-17-11(2)4-3-9(14)13(8)11/h7-8H,3-4,6H2,1-2H3/t7-,8+,11-/m0/s1. The highest BCUT2D eigenvalue weighted by Crippen LogP contribution is 2.47. The number of fused-ring (bicyclic) bond motifs is 1. The van der Waals surface area contributed by atoms with Crippen molar-refractivity contribution in [3.05, 3.63) is 0 Å². The number of thioether (sulfide) groups is 1. The van der Waals surface area contributed by atoms with Gasteiger partial charge in [-0.3, -0.25) is 4.79 Å². The number of hydrogen-bond donors (Lipinski definition) is 0. The fraction of sp³-hybridized carbons (Fsp3) is 0.727. The predicted molar refractivity (Wildman–Crippen MR) is 61.9 cm³/mol. The number of nitriles is 1. The molecule has 0 N–H and O–H groups in total. The van der Waals surface area contributed by atoms with Gasteiger partial charge in [-0.15, -0.1) is 11.8 Å². The topological polar surface area (TPSA) is 70.4 Å². The average Bonchev–Trinajstić information content (AvgIpc) is 2.76. The number of nitrogens with zero attached hydrogens (tertiary/aromatic N) is 2. The molecule has 0 aromatic heterocycles. The van der Waals surface area contributed by atoms with Crippen molar-refractivity contribution in [3.8, 4) is 6.07 Å². The SMILES string of the molecule is C[C@@H](C#N)OC(=O)[C@H]1CS[C@@]2(C)CCC(=O)N12. The minimum absolute atomic E-state index is 0.00376. The Morgan fingerprint density at radius 3 is 3.12 bits per heavy atom. The van der Waals surface area contributed by atoms with E-state index in [1.165, 1.54) is 6.92 Å². The summed E-state index contributed by atoms with van der Waals surface area (Å²) >= 11 is 1.61. The van der Waals surface area contributed by atoms with E-state index < -0.39 is 18.1 Å². The van der Waals surface area contributed by atoms with Gasteiger partial charge in [0.1, 0.15) is 12.1 Å². The molecule has 5 nitrogen and oxygen atoms in total. The molecule has 3 atom stereocenters. The third kappa shape index (κ3) is 2.00. The largest absolute Gasteiger partial charge is 0.446 e. The second-order valence-corrected chi connectivity index (χ2v) is 5.98. The highest BCUT2D eigenvalue weighted by Gasteiger charge is 2.53. The fourth-order valence-corrected chi connectivity index (χ4v) is 3.69. The van der Waals surface area contributed by atoms with Gasteiger partial charge in [-0.1, -0.05) is 0 Å². The molecule has 2 aliphatic heterocycles. The zero-order chi connectivity index (χ0) is 12.6. The third-order valence-corrected chi connectivity index (χ3v) is 4.70. The summed E-state index contributed by atoms with van der Waals surface area (Å²) in [4.78, 5) is 25.0. The normalized spacial score (nSPS) is 33.1. The molecule has 0 radical (unpaired) electrons. The lowest BCUT2D eigenvalue weighted by Gasteiger charge is -2.29. The summed E-state index contributed by atoms with van der Waals surface area (Å²) in [6, 6.07) is 1.31. The minimum atomic E-state index is -0.767. The molecule has 0 saturated carbocycles. The Labute approximate surface area is 104 Å². The molecule has 6 heteroatoms. The molecule has 0 bridgehead atoms. The third-order valence-electron chi connectivity index (χ3n) is 3.19.